The topological polar surface area (TPSA) is 44.7 Å². The largest absolute Gasteiger partial charge is 0.394 e. The van der Waals surface area contributed by atoms with Crippen LogP contribution in [0.4, 0.5) is 0 Å². The molecule has 4 heteroatoms. The molecular formula is C11H22N2O2. The molecule has 4 nitrogen and oxygen atoms in total. The normalized spacial score (nSPS) is 35.0. The van der Waals surface area contributed by atoms with Crippen LogP contribution in [0.3, 0.4) is 0 Å². The fourth-order valence-electron chi connectivity index (χ4n) is 2.73. The van der Waals surface area contributed by atoms with Crippen LogP contribution in [-0.2, 0) is 4.74 Å². The first-order valence-electron chi connectivity index (χ1n) is 6.02. The molecule has 0 aliphatic carbocycles. The van der Waals surface area contributed by atoms with Gasteiger partial charge in [0.1, 0.15) is 0 Å². The van der Waals surface area contributed by atoms with Gasteiger partial charge in [-0.25, -0.2) is 0 Å². The van der Waals surface area contributed by atoms with Gasteiger partial charge in [-0.1, -0.05) is 0 Å². The number of nitrogens with one attached hydrogen (secondary N) is 1. The lowest BCUT2D eigenvalue weighted by Crippen LogP contribution is -2.56. The summed E-state index contributed by atoms with van der Waals surface area (Å²) >= 11 is 0. The van der Waals surface area contributed by atoms with Crippen molar-refractivity contribution in [2.45, 2.75) is 24.8 Å². The highest BCUT2D eigenvalue weighted by Crippen LogP contribution is 2.27. The van der Waals surface area contributed by atoms with E-state index < -0.39 is 0 Å². The molecule has 2 rings (SSSR count). The molecule has 2 aliphatic heterocycles. The number of aliphatic hydroxyl groups is 1. The zero-order valence-corrected chi connectivity index (χ0v) is 9.37. The third kappa shape index (κ3) is 2.50. The summed E-state index contributed by atoms with van der Waals surface area (Å²) in [5, 5.41) is 13.1. The SMILES string of the molecule is OCC1(N2CCOCC2)CCCNCC1. The molecule has 0 saturated carbocycles. The van der Waals surface area contributed by atoms with Crippen LogP contribution in [0, 0.1) is 0 Å². The molecule has 0 radical (unpaired) electrons. The average Bonchev–Trinajstić information content (AvgIpc) is 2.56. The Morgan fingerprint density at radius 3 is 2.73 bits per heavy atom. The van der Waals surface area contributed by atoms with Crippen molar-refractivity contribution in [2.24, 2.45) is 0 Å². The van der Waals surface area contributed by atoms with Gasteiger partial charge in [0.25, 0.3) is 0 Å². The van der Waals surface area contributed by atoms with Crippen molar-refractivity contribution >= 4 is 0 Å². The van der Waals surface area contributed by atoms with E-state index in [1.54, 1.807) is 0 Å². The maximum atomic E-state index is 9.71. The van der Waals surface area contributed by atoms with Gasteiger partial charge >= 0.3 is 0 Å². The van der Waals surface area contributed by atoms with E-state index in [9.17, 15) is 5.11 Å². The first kappa shape index (κ1) is 11.3. The van der Waals surface area contributed by atoms with Gasteiger partial charge in [0.15, 0.2) is 0 Å². The molecule has 0 spiro atoms. The highest BCUT2D eigenvalue weighted by Gasteiger charge is 2.36. The van der Waals surface area contributed by atoms with Gasteiger partial charge in [0.05, 0.1) is 19.8 Å². The van der Waals surface area contributed by atoms with Gasteiger partial charge in [-0.15, -0.1) is 0 Å². The van der Waals surface area contributed by atoms with Crippen molar-refractivity contribution in [3.8, 4) is 0 Å². The molecule has 2 fully saturated rings. The quantitative estimate of drug-likeness (QED) is 0.669. The molecule has 0 aromatic rings. The monoisotopic (exact) mass is 214 g/mol. The number of aliphatic hydroxyl groups excluding tert-OH is 1. The molecule has 88 valence electrons. The number of nitrogens with zero attached hydrogens (tertiary/aromatic N) is 1. The zero-order valence-electron chi connectivity index (χ0n) is 9.37. The lowest BCUT2D eigenvalue weighted by atomic mass is 9.89. The molecule has 2 saturated heterocycles. The van der Waals surface area contributed by atoms with E-state index >= 15 is 0 Å². The Labute approximate surface area is 91.6 Å². The maximum absolute atomic E-state index is 9.71. The van der Waals surface area contributed by atoms with Gasteiger partial charge in [-0.05, 0) is 32.4 Å². The van der Waals surface area contributed by atoms with E-state index in [0.29, 0.717) is 0 Å². The van der Waals surface area contributed by atoms with E-state index in [4.69, 9.17) is 4.74 Å². The van der Waals surface area contributed by atoms with Crippen LogP contribution in [-0.4, -0.2) is 61.5 Å². The van der Waals surface area contributed by atoms with Crippen molar-refractivity contribution in [1.29, 1.82) is 0 Å². The van der Waals surface area contributed by atoms with Gasteiger partial charge in [-0.3, -0.25) is 4.90 Å². The first-order valence-corrected chi connectivity index (χ1v) is 6.02. The van der Waals surface area contributed by atoms with E-state index in [-0.39, 0.29) is 12.1 Å². The molecule has 1 atom stereocenters. The summed E-state index contributed by atoms with van der Waals surface area (Å²) in [6.45, 7) is 5.98. The van der Waals surface area contributed by atoms with Crippen molar-refractivity contribution in [3.63, 3.8) is 0 Å². The second-order valence-corrected chi connectivity index (χ2v) is 4.59. The van der Waals surface area contributed by atoms with Gasteiger partial charge in [0, 0.05) is 18.6 Å². The Morgan fingerprint density at radius 1 is 1.20 bits per heavy atom. The van der Waals surface area contributed by atoms with Crippen molar-refractivity contribution in [1.82, 2.24) is 10.2 Å². The molecule has 2 heterocycles. The summed E-state index contributed by atoms with van der Waals surface area (Å²) in [6.07, 6.45) is 3.33. The molecule has 2 aliphatic rings. The van der Waals surface area contributed by atoms with Crippen LogP contribution >= 0.6 is 0 Å². The van der Waals surface area contributed by atoms with E-state index in [2.05, 4.69) is 10.2 Å². The average molecular weight is 214 g/mol. The van der Waals surface area contributed by atoms with E-state index in [1.165, 1.54) is 0 Å². The molecule has 2 N–H and O–H groups in total. The van der Waals surface area contributed by atoms with Crippen LogP contribution in [0.25, 0.3) is 0 Å². The van der Waals surface area contributed by atoms with E-state index in [1.807, 2.05) is 0 Å². The lowest BCUT2D eigenvalue weighted by molar-refractivity contribution is -0.0494. The number of rotatable bonds is 2. The first-order chi connectivity index (χ1) is 7.37. The highest BCUT2D eigenvalue weighted by atomic mass is 16.5. The predicted octanol–water partition coefficient (Wildman–Crippen LogP) is -0.177. The van der Waals surface area contributed by atoms with Crippen LogP contribution in [0.2, 0.25) is 0 Å². The third-order valence-corrected chi connectivity index (χ3v) is 3.74. The maximum Gasteiger partial charge on any atom is 0.0616 e. The van der Waals surface area contributed by atoms with E-state index in [0.717, 1.165) is 58.7 Å². The third-order valence-electron chi connectivity index (χ3n) is 3.74. The minimum Gasteiger partial charge on any atom is -0.394 e. The molecular weight excluding hydrogens is 192 g/mol. The zero-order chi connectivity index (χ0) is 10.6. The Balaban J connectivity index is 2.03. The molecule has 0 amide bonds. The van der Waals surface area contributed by atoms with Crippen LogP contribution in [0.5, 0.6) is 0 Å². The molecule has 0 aromatic carbocycles. The highest BCUT2D eigenvalue weighted by molar-refractivity contribution is 4.93. The van der Waals surface area contributed by atoms with Gasteiger partial charge in [0.2, 0.25) is 0 Å². The second kappa shape index (κ2) is 5.25. The van der Waals surface area contributed by atoms with Crippen LogP contribution < -0.4 is 5.32 Å². The lowest BCUT2D eigenvalue weighted by Gasteiger charge is -2.44. The summed E-state index contributed by atoms with van der Waals surface area (Å²) < 4.78 is 5.37. The molecule has 15 heavy (non-hydrogen) atoms. The fourth-order valence-corrected chi connectivity index (χ4v) is 2.73. The smallest absolute Gasteiger partial charge is 0.0616 e. The standard InChI is InChI=1S/C11H22N2O2/c14-10-11(2-1-4-12-5-3-11)13-6-8-15-9-7-13/h12,14H,1-10H2. The fraction of sp³-hybridized carbons (Fsp3) is 1.00. The predicted molar refractivity (Wildman–Crippen MR) is 58.9 cm³/mol. The van der Waals surface area contributed by atoms with Crippen molar-refractivity contribution in [3.05, 3.63) is 0 Å². The van der Waals surface area contributed by atoms with Gasteiger partial charge in [-0.2, -0.15) is 0 Å². The summed E-state index contributed by atoms with van der Waals surface area (Å²) in [7, 11) is 0. The van der Waals surface area contributed by atoms with Crippen LogP contribution in [0.1, 0.15) is 19.3 Å². The van der Waals surface area contributed by atoms with Crippen LogP contribution in [0.15, 0.2) is 0 Å². The Hall–Kier alpha value is -0.160. The minimum atomic E-state index is 0.0211. The molecule has 0 aromatic heterocycles. The summed E-state index contributed by atoms with van der Waals surface area (Å²) in [5.41, 5.74) is 0.0211. The Bertz CT molecular complexity index is 185. The number of ether oxygens (including phenoxy) is 1. The number of hydrogen-bond donors (Lipinski definition) is 2. The van der Waals surface area contributed by atoms with Crippen molar-refractivity contribution < 1.29 is 9.84 Å². The Morgan fingerprint density at radius 2 is 2.00 bits per heavy atom. The summed E-state index contributed by atoms with van der Waals surface area (Å²) in [5.74, 6) is 0. The number of morpholine rings is 1. The molecule has 1 unspecified atom stereocenters. The minimum absolute atomic E-state index is 0.0211. The summed E-state index contributed by atoms with van der Waals surface area (Å²) in [4.78, 5) is 2.43. The molecule has 0 bridgehead atoms. The summed E-state index contributed by atoms with van der Waals surface area (Å²) in [6, 6.07) is 0. The van der Waals surface area contributed by atoms with Gasteiger partial charge < -0.3 is 15.2 Å². The second-order valence-electron chi connectivity index (χ2n) is 4.59. The number of hydrogen-bond acceptors (Lipinski definition) is 4. The Kier molecular flexibility index (Phi) is 3.97. The van der Waals surface area contributed by atoms with Crippen molar-refractivity contribution in [2.75, 3.05) is 46.0 Å².